The first-order valence-electron chi connectivity index (χ1n) is 7.49. The minimum atomic E-state index is -3.54. The van der Waals surface area contributed by atoms with Crippen LogP contribution in [0.5, 0.6) is 0 Å². The highest BCUT2D eigenvalue weighted by molar-refractivity contribution is 7.89. The molecule has 0 saturated carbocycles. The van der Waals surface area contributed by atoms with Crippen LogP contribution in [0, 0.1) is 0 Å². The predicted octanol–water partition coefficient (Wildman–Crippen LogP) is 0.924. The van der Waals surface area contributed by atoms with Crippen LogP contribution >= 0.6 is 0 Å². The van der Waals surface area contributed by atoms with E-state index in [0.717, 1.165) is 11.4 Å². The van der Waals surface area contributed by atoms with Crippen molar-refractivity contribution in [3.63, 3.8) is 0 Å². The van der Waals surface area contributed by atoms with Gasteiger partial charge in [0, 0.05) is 31.9 Å². The van der Waals surface area contributed by atoms with Gasteiger partial charge >= 0.3 is 0 Å². The van der Waals surface area contributed by atoms with Gasteiger partial charge in [-0.3, -0.25) is 0 Å². The summed E-state index contributed by atoms with van der Waals surface area (Å²) in [7, 11) is -1.79. The summed E-state index contributed by atoms with van der Waals surface area (Å²) in [6, 6.07) is 9.76. The van der Waals surface area contributed by atoms with E-state index in [-0.39, 0.29) is 11.1 Å². The third kappa shape index (κ3) is 2.42. The van der Waals surface area contributed by atoms with Crippen molar-refractivity contribution in [1.82, 2.24) is 28.6 Å². The first kappa shape index (κ1) is 15.0. The summed E-state index contributed by atoms with van der Waals surface area (Å²) < 4.78 is 30.0. The molecule has 2 aromatic heterocycles. The molecule has 1 aliphatic rings. The minimum Gasteiger partial charge on any atom is -0.339 e. The average molecular weight is 344 g/mol. The fourth-order valence-electron chi connectivity index (χ4n) is 2.75. The van der Waals surface area contributed by atoms with Gasteiger partial charge in [0.2, 0.25) is 0 Å². The maximum atomic E-state index is 12.5. The van der Waals surface area contributed by atoms with E-state index < -0.39 is 10.0 Å². The van der Waals surface area contributed by atoms with E-state index in [9.17, 15) is 8.42 Å². The maximum absolute atomic E-state index is 12.5. The number of sulfonamides is 1. The van der Waals surface area contributed by atoms with Gasteiger partial charge in [0.15, 0.2) is 10.9 Å². The van der Waals surface area contributed by atoms with E-state index in [2.05, 4.69) is 15.2 Å². The van der Waals surface area contributed by atoms with Crippen LogP contribution in [0.2, 0.25) is 0 Å². The largest absolute Gasteiger partial charge is 0.339 e. The van der Waals surface area contributed by atoms with E-state index in [1.807, 2.05) is 34.9 Å². The molecule has 0 atom stereocenters. The molecule has 0 amide bonds. The topological polar surface area (TPSA) is 85.9 Å². The zero-order chi connectivity index (χ0) is 16.7. The Morgan fingerprint density at radius 1 is 1.12 bits per heavy atom. The summed E-state index contributed by atoms with van der Waals surface area (Å²) in [5.74, 6) is 0.746. The van der Waals surface area contributed by atoms with Gasteiger partial charge in [-0.05, 0) is 0 Å². The molecule has 4 rings (SSSR count). The van der Waals surface area contributed by atoms with Gasteiger partial charge in [-0.15, -0.1) is 10.2 Å². The van der Waals surface area contributed by atoms with E-state index >= 15 is 0 Å². The summed E-state index contributed by atoms with van der Waals surface area (Å²) in [5, 5.41) is 8.23. The van der Waals surface area contributed by atoms with Crippen molar-refractivity contribution < 1.29 is 8.42 Å². The molecule has 0 aliphatic carbocycles. The number of hydrogen-bond acceptors (Lipinski definition) is 5. The van der Waals surface area contributed by atoms with Crippen LogP contribution in [0.25, 0.3) is 11.4 Å². The lowest BCUT2D eigenvalue weighted by Gasteiger charge is -2.38. The third-order valence-electron chi connectivity index (χ3n) is 4.11. The number of imidazole rings is 1. The molecule has 1 saturated heterocycles. The highest BCUT2D eigenvalue weighted by Gasteiger charge is 2.39. The van der Waals surface area contributed by atoms with Crippen LogP contribution in [0.4, 0.5) is 0 Å². The van der Waals surface area contributed by atoms with Crippen LogP contribution in [-0.4, -0.2) is 50.1 Å². The first-order valence-corrected chi connectivity index (χ1v) is 8.93. The average Bonchev–Trinajstić information content (AvgIpc) is 3.16. The number of nitrogens with zero attached hydrogens (tertiary/aromatic N) is 6. The molecular formula is C15H16N6O2S. The lowest BCUT2D eigenvalue weighted by Crippen LogP contribution is -2.50. The summed E-state index contributed by atoms with van der Waals surface area (Å²) in [6.07, 6.45) is 4.64. The molecule has 1 aromatic carbocycles. The second-order valence-corrected chi connectivity index (χ2v) is 7.67. The van der Waals surface area contributed by atoms with E-state index in [4.69, 9.17) is 0 Å². The van der Waals surface area contributed by atoms with Crippen LogP contribution in [0.15, 0.2) is 54.2 Å². The van der Waals surface area contributed by atoms with Gasteiger partial charge in [0.05, 0.1) is 12.4 Å². The Hall–Kier alpha value is -2.52. The first-order chi connectivity index (χ1) is 11.6. The Labute approximate surface area is 139 Å². The second-order valence-electron chi connectivity index (χ2n) is 5.78. The number of hydrogen-bond donors (Lipinski definition) is 0. The van der Waals surface area contributed by atoms with Gasteiger partial charge in [-0.2, -0.15) is 4.31 Å². The van der Waals surface area contributed by atoms with Crippen LogP contribution in [-0.2, 0) is 17.1 Å². The maximum Gasteiger partial charge on any atom is 0.262 e. The standard InChI is InChI=1S/C15H16N6O2S/c1-19-9-14(16-10-19)24(22,23)20-7-13(8-20)21-11-17-18-15(21)12-5-3-2-4-6-12/h2-6,9-11,13H,7-8H2,1H3. The van der Waals surface area contributed by atoms with Crippen molar-refractivity contribution in [2.75, 3.05) is 13.1 Å². The van der Waals surface area contributed by atoms with Gasteiger partial charge < -0.3 is 9.13 Å². The highest BCUT2D eigenvalue weighted by Crippen LogP contribution is 2.30. The zero-order valence-electron chi connectivity index (χ0n) is 13.0. The highest BCUT2D eigenvalue weighted by atomic mass is 32.2. The van der Waals surface area contributed by atoms with Gasteiger partial charge in [-0.25, -0.2) is 13.4 Å². The smallest absolute Gasteiger partial charge is 0.262 e. The molecular weight excluding hydrogens is 328 g/mol. The lowest BCUT2D eigenvalue weighted by atomic mass is 10.1. The van der Waals surface area contributed by atoms with Crippen molar-refractivity contribution in [3.05, 3.63) is 49.2 Å². The van der Waals surface area contributed by atoms with Crippen LogP contribution in [0.3, 0.4) is 0 Å². The van der Waals surface area contributed by atoms with E-state index in [1.54, 1.807) is 17.9 Å². The molecule has 0 spiro atoms. The summed E-state index contributed by atoms with van der Waals surface area (Å²) >= 11 is 0. The quantitative estimate of drug-likeness (QED) is 0.703. The molecule has 9 heteroatoms. The monoisotopic (exact) mass is 344 g/mol. The van der Waals surface area contributed by atoms with Crippen LogP contribution in [0.1, 0.15) is 6.04 Å². The minimum absolute atomic E-state index is 0.0219. The van der Waals surface area contributed by atoms with Crippen molar-refractivity contribution in [1.29, 1.82) is 0 Å². The van der Waals surface area contributed by atoms with Gasteiger partial charge in [0.25, 0.3) is 10.0 Å². The molecule has 1 fully saturated rings. The molecule has 24 heavy (non-hydrogen) atoms. The summed E-state index contributed by atoms with van der Waals surface area (Å²) in [4.78, 5) is 3.95. The van der Waals surface area contributed by atoms with Gasteiger partial charge in [-0.1, -0.05) is 30.3 Å². The van der Waals surface area contributed by atoms with Crippen molar-refractivity contribution >= 4 is 10.0 Å². The fourth-order valence-corrected chi connectivity index (χ4v) is 4.23. The number of aryl methyl sites for hydroxylation is 1. The Bertz CT molecular complexity index is 957. The Balaban J connectivity index is 1.54. The predicted molar refractivity (Wildman–Crippen MR) is 86.5 cm³/mol. The van der Waals surface area contributed by atoms with Gasteiger partial charge in [0.1, 0.15) is 6.33 Å². The van der Waals surface area contributed by atoms with Crippen molar-refractivity contribution in [2.24, 2.45) is 7.05 Å². The van der Waals surface area contributed by atoms with Crippen LogP contribution < -0.4 is 0 Å². The Kier molecular flexibility index (Phi) is 3.47. The Morgan fingerprint density at radius 2 is 1.88 bits per heavy atom. The van der Waals surface area contributed by atoms with Crippen molar-refractivity contribution in [3.8, 4) is 11.4 Å². The number of aromatic nitrogens is 5. The molecule has 0 unspecified atom stereocenters. The molecule has 124 valence electrons. The Morgan fingerprint density at radius 3 is 2.54 bits per heavy atom. The third-order valence-corrected chi connectivity index (χ3v) is 5.83. The zero-order valence-corrected chi connectivity index (χ0v) is 13.8. The molecule has 8 nitrogen and oxygen atoms in total. The normalized spacial score (nSPS) is 16.2. The molecule has 3 heterocycles. The van der Waals surface area contributed by atoms with Crippen molar-refractivity contribution in [2.45, 2.75) is 11.1 Å². The van der Waals surface area contributed by atoms with E-state index in [1.165, 1.54) is 16.8 Å². The molecule has 0 bridgehead atoms. The fraction of sp³-hybridized carbons (Fsp3) is 0.267. The molecule has 3 aromatic rings. The SMILES string of the molecule is Cn1cnc(S(=O)(=O)N2CC(n3cnnc3-c3ccccc3)C2)c1. The lowest BCUT2D eigenvalue weighted by molar-refractivity contribution is 0.205. The molecule has 1 aliphatic heterocycles. The number of rotatable bonds is 4. The summed E-state index contributed by atoms with van der Waals surface area (Å²) in [5.41, 5.74) is 0.959. The number of benzene rings is 1. The second kappa shape index (κ2) is 5.53. The summed E-state index contributed by atoms with van der Waals surface area (Å²) in [6.45, 7) is 0.771. The molecule has 0 radical (unpaired) electrons. The van der Waals surface area contributed by atoms with E-state index in [0.29, 0.717) is 13.1 Å². The molecule has 0 N–H and O–H groups in total.